The van der Waals surface area contributed by atoms with Gasteiger partial charge in [-0.05, 0) is 80.9 Å². The maximum absolute atomic E-state index is 12.4. The molecule has 43 heavy (non-hydrogen) atoms. The molecular formula is C31H26IN5O5S. The number of aromatic nitrogens is 2. The number of hydrazone groups is 1. The van der Waals surface area contributed by atoms with Gasteiger partial charge in [0, 0.05) is 5.56 Å². The van der Waals surface area contributed by atoms with Crippen molar-refractivity contribution in [3.63, 3.8) is 0 Å². The summed E-state index contributed by atoms with van der Waals surface area (Å²) >= 11 is 3.30. The molecule has 5 rings (SSSR count). The minimum absolute atomic E-state index is 0.0464. The summed E-state index contributed by atoms with van der Waals surface area (Å²) in [4.78, 5) is 24.9. The lowest BCUT2D eigenvalue weighted by molar-refractivity contribution is -0.120. The molecular weight excluding hydrogens is 681 g/mol. The van der Waals surface area contributed by atoms with E-state index in [4.69, 9.17) is 14.2 Å². The van der Waals surface area contributed by atoms with Crippen LogP contribution in [0.25, 0.3) is 10.8 Å². The van der Waals surface area contributed by atoms with Crippen LogP contribution in [0.3, 0.4) is 0 Å². The van der Waals surface area contributed by atoms with Gasteiger partial charge in [-0.25, -0.2) is 5.43 Å². The van der Waals surface area contributed by atoms with Crippen LogP contribution in [0.4, 0.5) is 5.13 Å². The van der Waals surface area contributed by atoms with Gasteiger partial charge in [0.05, 0.1) is 30.4 Å². The number of nitrogens with one attached hydrogen (secondary N) is 2. The zero-order valence-corrected chi connectivity index (χ0v) is 26.1. The van der Waals surface area contributed by atoms with Crippen molar-refractivity contribution in [2.24, 2.45) is 5.10 Å². The number of amides is 2. The fourth-order valence-electron chi connectivity index (χ4n) is 4.17. The molecule has 0 fully saturated rings. The molecule has 2 N–H and O–H groups in total. The van der Waals surface area contributed by atoms with Gasteiger partial charge < -0.3 is 14.2 Å². The Balaban J connectivity index is 1.16. The number of rotatable bonds is 11. The lowest BCUT2D eigenvalue weighted by Crippen LogP contribution is -2.19. The minimum atomic E-state index is -0.378. The molecule has 0 saturated carbocycles. The van der Waals surface area contributed by atoms with Gasteiger partial charge in [0.1, 0.15) is 17.4 Å². The molecule has 0 saturated heterocycles. The Morgan fingerprint density at radius 1 is 0.977 bits per heavy atom. The van der Waals surface area contributed by atoms with E-state index in [2.05, 4.69) is 66.8 Å². The maximum atomic E-state index is 12.4. The lowest BCUT2D eigenvalue weighted by Gasteiger charge is -2.14. The molecule has 1 aromatic heterocycles. The Labute approximate surface area is 265 Å². The summed E-state index contributed by atoms with van der Waals surface area (Å²) in [6, 6.07) is 24.7. The van der Waals surface area contributed by atoms with E-state index >= 15 is 0 Å². The second kappa shape index (κ2) is 14.1. The van der Waals surface area contributed by atoms with E-state index in [-0.39, 0.29) is 23.4 Å². The molecule has 0 spiro atoms. The van der Waals surface area contributed by atoms with Crippen LogP contribution in [-0.2, 0) is 17.8 Å². The Morgan fingerprint density at radius 3 is 2.56 bits per heavy atom. The molecule has 0 aliphatic rings. The zero-order chi connectivity index (χ0) is 30.2. The van der Waals surface area contributed by atoms with Crippen molar-refractivity contribution in [1.29, 1.82) is 0 Å². The number of fused-ring (bicyclic) bond motifs is 1. The molecule has 10 nitrogen and oxygen atoms in total. The number of benzene rings is 4. The average Bonchev–Trinajstić information content (AvgIpc) is 3.46. The van der Waals surface area contributed by atoms with E-state index in [0.717, 1.165) is 36.8 Å². The van der Waals surface area contributed by atoms with Gasteiger partial charge in [-0.1, -0.05) is 53.8 Å². The monoisotopic (exact) mass is 707 g/mol. The second-order valence-electron chi connectivity index (χ2n) is 9.11. The first-order chi connectivity index (χ1) is 20.9. The molecule has 12 heteroatoms. The van der Waals surface area contributed by atoms with Crippen molar-refractivity contribution < 1.29 is 23.8 Å². The van der Waals surface area contributed by atoms with Gasteiger partial charge in [-0.15, -0.1) is 10.2 Å². The van der Waals surface area contributed by atoms with Crippen molar-refractivity contribution in [2.75, 3.05) is 19.5 Å². The maximum Gasteiger partial charge on any atom is 0.257 e. The summed E-state index contributed by atoms with van der Waals surface area (Å²) in [6.07, 6.45) is 1.48. The van der Waals surface area contributed by atoms with Crippen LogP contribution in [0.2, 0.25) is 0 Å². The molecule has 1 heterocycles. The Bertz CT molecular complexity index is 1790. The third-order valence-electron chi connectivity index (χ3n) is 6.26. The first-order valence-electron chi connectivity index (χ1n) is 13.0. The predicted octanol–water partition coefficient (Wildman–Crippen LogP) is 5.84. The topological polar surface area (TPSA) is 124 Å². The Hall–Kier alpha value is -4.56. The molecule has 2 amide bonds. The van der Waals surface area contributed by atoms with E-state index in [0.29, 0.717) is 34.4 Å². The predicted molar refractivity (Wildman–Crippen MR) is 174 cm³/mol. The molecule has 4 aromatic carbocycles. The van der Waals surface area contributed by atoms with Gasteiger partial charge in [-0.2, -0.15) is 5.10 Å². The summed E-state index contributed by atoms with van der Waals surface area (Å²) in [5.41, 5.74) is 4.74. The Kier molecular flexibility index (Phi) is 9.79. The van der Waals surface area contributed by atoms with Crippen LogP contribution in [-0.4, -0.2) is 42.4 Å². The summed E-state index contributed by atoms with van der Waals surface area (Å²) in [5, 5.41) is 17.7. The number of methoxy groups -OCH3 is 2. The number of carbonyl (C=O) groups is 2. The SMILES string of the molecule is COc1ccc(C(=O)Nc2nnc(CC(=O)N/N=C\c3cc(I)c(OCc4cccc5ccccc45)c(OC)c3)s2)cc1. The highest BCUT2D eigenvalue weighted by molar-refractivity contribution is 14.1. The van der Waals surface area contributed by atoms with Crippen LogP contribution < -0.4 is 25.0 Å². The number of anilines is 1. The summed E-state index contributed by atoms with van der Waals surface area (Å²) in [7, 11) is 3.13. The van der Waals surface area contributed by atoms with E-state index < -0.39 is 0 Å². The van der Waals surface area contributed by atoms with E-state index in [1.54, 1.807) is 44.6 Å². The summed E-state index contributed by atoms with van der Waals surface area (Å²) < 4.78 is 17.7. The molecule has 0 aliphatic carbocycles. The largest absolute Gasteiger partial charge is 0.497 e. The number of ether oxygens (including phenoxy) is 3. The first kappa shape index (κ1) is 29.9. The standard InChI is InChI=1S/C31H26IN5O5S/c1-40-23-12-10-21(11-13-23)30(39)34-31-37-36-28(43-31)16-27(38)35-33-17-19-14-25(32)29(26(15-19)41-2)42-18-22-8-5-7-20-6-3-4-9-24(20)22/h3-15,17H,16,18H2,1-2H3,(H,35,38)(H,34,37,39)/b33-17-. The van der Waals surface area contributed by atoms with Crippen LogP contribution in [0, 0.1) is 3.57 Å². The van der Waals surface area contributed by atoms with Gasteiger partial charge in [-0.3, -0.25) is 14.9 Å². The van der Waals surface area contributed by atoms with Crippen molar-refractivity contribution in [1.82, 2.24) is 15.6 Å². The number of hydrogen-bond donors (Lipinski definition) is 2. The quantitative estimate of drug-likeness (QED) is 0.101. The van der Waals surface area contributed by atoms with E-state index in [9.17, 15) is 9.59 Å². The summed E-state index contributed by atoms with van der Waals surface area (Å²) in [6.45, 7) is 0.385. The van der Waals surface area contributed by atoms with Crippen LogP contribution in [0.1, 0.15) is 26.5 Å². The van der Waals surface area contributed by atoms with Crippen molar-refractivity contribution in [3.05, 3.63) is 104 Å². The summed E-state index contributed by atoms with van der Waals surface area (Å²) in [5.74, 6) is 1.11. The fraction of sp³-hybridized carbons (Fsp3) is 0.129. The number of halogens is 1. The van der Waals surface area contributed by atoms with Gasteiger partial charge in [0.25, 0.3) is 5.91 Å². The molecule has 0 atom stereocenters. The zero-order valence-electron chi connectivity index (χ0n) is 23.2. The fourth-order valence-corrected chi connectivity index (χ4v) is 5.68. The van der Waals surface area contributed by atoms with Gasteiger partial charge >= 0.3 is 0 Å². The number of nitrogens with zero attached hydrogens (tertiary/aromatic N) is 3. The minimum Gasteiger partial charge on any atom is -0.497 e. The van der Waals surface area contributed by atoms with Crippen LogP contribution in [0.15, 0.2) is 84.0 Å². The van der Waals surface area contributed by atoms with Crippen molar-refractivity contribution in [2.45, 2.75) is 13.0 Å². The lowest BCUT2D eigenvalue weighted by atomic mass is 10.1. The molecule has 0 bridgehead atoms. The molecule has 0 aliphatic heterocycles. The third-order valence-corrected chi connectivity index (χ3v) is 7.90. The van der Waals surface area contributed by atoms with Gasteiger partial charge in [0.2, 0.25) is 11.0 Å². The highest BCUT2D eigenvalue weighted by atomic mass is 127. The molecule has 0 unspecified atom stereocenters. The van der Waals surface area contributed by atoms with E-state index in [1.165, 1.54) is 6.21 Å². The second-order valence-corrected chi connectivity index (χ2v) is 11.3. The number of hydrogen-bond acceptors (Lipinski definition) is 9. The highest BCUT2D eigenvalue weighted by Crippen LogP contribution is 2.34. The van der Waals surface area contributed by atoms with E-state index in [1.807, 2.05) is 30.3 Å². The molecule has 218 valence electrons. The van der Waals surface area contributed by atoms with Gasteiger partial charge in [0.15, 0.2) is 11.5 Å². The van der Waals surface area contributed by atoms with Crippen molar-refractivity contribution >= 4 is 67.9 Å². The highest BCUT2D eigenvalue weighted by Gasteiger charge is 2.14. The third kappa shape index (κ3) is 7.64. The smallest absolute Gasteiger partial charge is 0.257 e. The van der Waals surface area contributed by atoms with Crippen molar-refractivity contribution in [3.8, 4) is 17.2 Å². The molecule has 5 aromatic rings. The molecule has 0 radical (unpaired) electrons. The normalized spacial score (nSPS) is 11.0. The average molecular weight is 708 g/mol. The first-order valence-corrected chi connectivity index (χ1v) is 14.9. The Morgan fingerprint density at radius 2 is 1.77 bits per heavy atom. The van der Waals surface area contributed by atoms with Crippen LogP contribution >= 0.6 is 33.9 Å². The van der Waals surface area contributed by atoms with Crippen LogP contribution in [0.5, 0.6) is 17.2 Å². The number of carbonyl (C=O) groups excluding carboxylic acids is 2.